The van der Waals surface area contributed by atoms with Crippen molar-refractivity contribution < 1.29 is 9.84 Å². The fraction of sp³-hybridized carbons (Fsp3) is 0.500. The predicted molar refractivity (Wildman–Crippen MR) is 68.8 cm³/mol. The number of aliphatic hydroxyl groups excluding tert-OH is 1. The van der Waals surface area contributed by atoms with Crippen LogP contribution in [0.3, 0.4) is 0 Å². The largest absolute Gasteiger partial charge is 0.493 e. The molecular weight excluding hydrogens is 270 g/mol. The molecule has 0 aliphatic rings. The van der Waals surface area contributed by atoms with Gasteiger partial charge in [0.1, 0.15) is 5.75 Å². The minimum absolute atomic E-state index is 0.160. The predicted octanol–water partition coefficient (Wildman–Crippen LogP) is 2.49. The third-order valence-electron chi connectivity index (χ3n) is 2.43. The van der Waals surface area contributed by atoms with Gasteiger partial charge in [-0.15, -0.1) is 0 Å². The lowest BCUT2D eigenvalue weighted by Gasteiger charge is -2.16. The van der Waals surface area contributed by atoms with Gasteiger partial charge < -0.3 is 15.2 Å². The van der Waals surface area contributed by atoms with Crippen LogP contribution in [0.5, 0.6) is 5.75 Å². The molecule has 3 nitrogen and oxygen atoms in total. The van der Waals surface area contributed by atoms with Crippen molar-refractivity contribution in [3.8, 4) is 5.75 Å². The molecule has 0 spiro atoms. The molecule has 1 rings (SSSR count). The monoisotopic (exact) mass is 287 g/mol. The van der Waals surface area contributed by atoms with Gasteiger partial charge in [-0.3, -0.25) is 0 Å². The van der Waals surface area contributed by atoms with Crippen molar-refractivity contribution in [3.63, 3.8) is 0 Å². The highest BCUT2D eigenvalue weighted by Crippen LogP contribution is 2.28. The quantitative estimate of drug-likeness (QED) is 0.790. The third-order valence-corrected chi connectivity index (χ3v) is 2.92. The first kappa shape index (κ1) is 13.5. The summed E-state index contributed by atoms with van der Waals surface area (Å²) >= 11 is 3.45. The fourth-order valence-corrected chi connectivity index (χ4v) is 1.77. The van der Waals surface area contributed by atoms with E-state index in [0.717, 1.165) is 15.8 Å². The molecule has 90 valence electrons. The maximum atomic E-state index is 8.71. The van der Waals surface area contributed by atoms with Gasteiger partial charge in [-0.05, 0) is 32.2 Å². The molecule has 0 bridgehead atoms. The van der Waals surface area contributed by atoms with Gasteiger partial charge in [-0.2, -0.15) is 0 Å². The zero-order chi connectivity index (χ0) is 12.0. The van der Waals surface area contributed by atoms with Crippen LogP contribution in [0.15, 0.2) is 22.7 Å². The summed E-state index contributed by atoms with van der Waals surface area (Å²) in [7, 11) is 1.92. The number of ether oxygens (including phenoxy) is 1. The first-order valence-corrected chi connectivity index (χ1v) is 6.18. The van der Waals surface area contributed by atoms with Crippen molar-refractivity contribution in [2.24, 2.45) is 0 Å². The van der Waals surface area contributed by atoms with E-state index < -0.39 is 0 Å². The number of hydrogen-bond acceptors (Lipinski definition) is 3. The Morgan fingerprint density at radius 1 is 1.50 bits per heavy atom. The SMILES string of the molecule is CNC(C)c1cc(Br)ccc1OCCCO. The summed E-state index contributed by atoms with van der Waals surface area (Å²) in [5.41, 5.74) is 1.12. The minimum Gasteiger partial charge on any atom is -0.493 e. The van der Waals surface area contributed by atoms with E-state index in [1.54, 1.807) is 0 Å². The Kier molecular flexibility index (Phi) is 5.80. The molecule has 0 aliphatic heterocycles. The van der Waals surface area contributed by atoms with Crippen LogP contribution in [-0.2, 0) is 0 Å². The Balaban J connectivity index is 2.80. The average molecular weight is 288 g/mol. The van der Waals surface area contributed by atoms with E-state index in [1.807, 2.05) is 19.2 Å². The highest BCUT2D eigenvalue weighted by Gasteiger charge is 2.10. The summed E-state index contributed by atoms with van der Waals surface area (Å²) in [6.07, 6.45) is 0.656. The van der Waals surface area contributed by atoms with Crippen molar-refractivity contribution in [2.75, 3.05) is 20.3 Å². The maximum Gasteiger partial charge on any atom is 0.124 e. The zero-order valence-corrected chi connectivity index (χ0v) is 11.3. The minimum atomic E-state index is 0.160. The molecule has 0 fully saturated rings. The van der Waals surface area contributed by atoms with E-state index in [9.17, 15) is 0 Å². The number of nitrogens with one attached hydrogen (secondary N) is 1. The van der Waals surface area contributed by atoms with Crippen molar-refractivity contribution in [1.82, 2.24) is 5.32 Å². The molecular formula is C12H18BrNO2. The molecule has 1 aromatic carbocycles. The Morgan fingerprint density at radius 3 is 2.88 bits per heavy atom. The molecule has 2 N–H and O–H groups in total. The van der Waals surface area contributed by atoms with E-state index in [2.05, 4.69) is 34.2 Å². The highest BCUT2D eigenvalue weighted by atomic mass is 79.9. The van der Waals surface area contributed by atoms with Gasteiger partial charge in [-0.25, -0.2) is 0 Å². The van der Waals surface area contributed by atoms with E-state index in [-0.39, 0.29) is 12.6 Å². The van der Waals surface area contributed by atoms with Crippen LogP contribution in [0.4, 0.5) is 0 Å². The maximum absolute atomic E-state index is 8.71. The number of rotatable bonds is 6. The van der Waals surface area contributed by atoms with Crippen LogP contribution in [0, 0.1) is 0 Å². The number of benzene rings is 1. The van der Waals surface area contributed by atoms with Gasteiger partial charge in [0.05, 0.1) is 6.61 Å². The lowest BCUT2D eigenvalue weighted by Crippen LogP contribution is -2.14. The van der Waals surface area contributed by atoms with Crippen molar-refractivity contribution in [3.05, 3.63) is 28.2 Å². The summed E-state index contributed by atoms with van der Waals surface area (Å²) in [4.78, 5) is 0. The van der Waals surface area contributed by atoms with Gasteiger partial charge in [-0.1, -0.05) is 15.9 Å². The van der Waals surface area contributed by atoms with Gasteiger partial charge in [0.25, 0.3) is 0 Å². The first-order valence-electron chi connectivity index (χ1n) is 5.39. The van der Waals surface area contributed by atoms with Crippen LogP contribution in [0.1, 0.15) is 24.9 Å². The molecule has 0 heterocycles. The van der Waals surface area contributed by atoms with Gasteiger partial charge in [0.2, 0.25) is 0 Å². The van der Waals surface area contributed by atoms with Crippen LogP contribution in [0.25, 0.3) is 0 Å². The summed E-state index contributed by atoms with van der Waals surface area (Å²) < 4.78 is 6.68. The second-order valence-corrected chi connectivity index (χ2v) is 4.53. The first-order chi connectivity index (χ1) is 7.69. The smallest absolute Gasteiger partial charge is 0.124 e. The molecule has 0 aromatic heterocycles. The Hall–Kier alpha value is -0.580. The molecule has 0 saturated carbocycles. The molecule has 1 unspecified atom stereocenters. The number of aliphatic hydroxyl groups is 1. The molecule has 0 radical (unpaired) electrons. The van der Waals surface area contributed by atoms with Gasteiger partial charge in [0, 0.05) is 29.1 Å². The average Bonchev–Trinajstić information content (AvgIpc) is 2.30. The van der Waals surface area contributed by atoms with Crippen molar-refractivity contribution >= 4 is 15.9 Å². The Morgan fingerprint density at radius 2 is 2.25 bits per heavy atom. The van der Waals surface area contributed by atoms with E-state index >= 15 is 0 Å². The third kappa shape index (κ3) is 3.77. The molecule has 0 amide bonds. The number of hydrogen-bond donors (Lipinski definition) is 2. The normalized spacial score (nSPS) is 12.5. The molecule has 1 aromatic rings. The lowest BCUT2D eigenvalue weighted by atomic mass is 10.1. The van der Waals surface area contributed by atoms with Crippen LogP contribution in [0.2, 0.25) is 0 Å². The molecule has 16 heavy (non-hydrogen) atoms. The Bertz CT molecular complexity index is 331. The summed E-state index contributed by atoms with van der Waals surface area (Å²) in [5, 5.41) is 11.9. The van der Waals surface area contributed by atoms with Crippen molar-refractivity contribution in [2.45, 2.75) is 19.4 Å². The van der Waals surface area contributed by atoms with Crippen LogP contribution in [-0.4, -0.2) is 25.4 Å². The molecule has 0 saturated heterocycles. The highest BCUT2D eigenvalue weighted by molar-refractivity contribution is 9.10. The molecule has 0 aliphatic carbocycles. The van der Waals surface area contributed by atoms with Crippen LogP contribution >= 0.6 is 15.9 Å². The fourth-order valence-electron chi connectivity index (χ4n) is 1.39. The second kappa shape index (κ2) is 6.89. The van der Waals surface area contributed by atoms with E-state index in [0.29, 0.717) is 13.0 Å². The lowest BCUT2D eigenvalue weighted by molar-refractivity contribution is 0.232. The van der Waals surface area contributed by atoms with Gasteiger partial charge >= 0.3 is 0 Å². The topological polar surface area (TPSA) is 41.5 Å². The van der Waals surface area contributed by atoms with Crippen LogP contribution < -0.4 is 10.1 Å². The number of halogens is 1. The van der Waals surface area contributed by atoms with Crippen molar-refractivity contribution in [1.29, 1.82) is 0 Å². The van der Waals surface area contributed by atoms with E-state index in [1.165, 1.54) is 0 Å². The summed E-state index contributed by atoms with van der Waals surface area (Å²) in [5.74, 6) is 0.874. The Labute approximate surface area is 105 Å². The molecule has 4 heteroatoms. The second-order valence-electron chi connectivity index (χ2n) is 3.62. The molecule has 1 atom stereocenters. The van der Waals surface area contributed by atoms with E-state index in [4.69, 9.17) is 9.84 Å². The standard InChI is InChI=1S/C12H18BrNO2/c1-9(14-2)11-8-10(13)4-5-12(11)16-7-3-6-15/h4-5,8-9,14-15H,3,6-7H2,1-2H3. The zero-order valence-electron chi connectivity index (χ0n) is 9.66. The summed E-state index contributed by atoms with van der Waals surface area (Å²) in [6.45, 7) is 2.79. The van der Waals surface area contributed by atoms with Gasteiger partial charge in [0.15, 0.2) is 0 Å². The summed E-state index contributed by atoms with van der Waals surface area (Å²) in [6, 6.07) is 6.20.